The number of hydrogen-bond donors (Lipinski definition) is 1. The highest BCUT2D eigenvalue weighted by Crippen LogP contribution is 2.32. The van der Waals surface area contributed by atoms with E-state index in [2.05, 4.69) is 21.2 Å². The molecule has 1 aliphatic rings. The van der Waals surface area contributed by atoms with Gasteiger partial charge < -0.3 is 10.1 Å². The Morgan fingerprint density at radius 2 is 2.37 bits per heavy atom. The zero-order valence-corrected chi connectivity index (χ0v) is 13.2. The van der Waals surface area contributed by atoms with Crippen LogP contribution in [0.2, 0.25) is 5.02 Å². The van der Waals surface area contributed by atoms with Gasteiger partial charge in [-0.1, -0.05) is 18.5 Å². The average molecular weight is 351 g/mol. The van der Waals surface area contributed by atoms with E-state index in [1.54, 1.807) is 6.07 Å². The van der Waals surface area contributed by atoms with Crippen LogP contribution in [0, 0.1) is 5.82 Å². The first kappa shape index (κ1) is 15.2. The largest absolute Gasteiger partial charge is 0.378 e. The Balaban J connectivity index is 2.19. The number of halogens is 3. The van der Waals surface area contributed by atoms with Crippen molar-refractivity contribution in [1.82, 2.24) is 5.32 Å². The molecule has 0 bridgehead atoms. The van der Waals surface area contributed by atoms with Gasteiger partial charge in [0.1, 0.15) is 5.82 Å². The molecule has 0 saturated carbocycles. The molecule has 2 nitrogen and oxygen atoms in total. The summed E-state index contributed by atoms with van der Waals surface area (Å²) in [6.45, 7) is 3.61. The van der Waals surface area contributed by atoms with Gasteiger partial charge in [0, 0.05) is 22.7 Å². The minimum Gasteiger partial charge on any atom is -0.378 e. The van der Waals surface area contributed by atoms with E-state index in [0.29, 0.717) is 15.1 Å². The summed E-state index contributed by atoms with van der Waals surface area (Å²) >= 11 is 9.31. The lowest BCUT2D eigenvalue weighted by molar-refractivity contribution is 0.0944. The van der Waals surface area contributed by atoms with Crippen molar-refractivity contribution in [3.8, 4) is 0 Å². The van der Waals surface area contributed by atoms with E-state index in [9.17, 15) is 4.39 Å². The van der Waals surface area contributed by atoms with Crippen LogP contribution in [0.3, 0.4) is 0 Å². The van der Waals surface area contributed by atoms with Crippen molar-refractivity contribution in [2.75, 3.05) is 13.2 Å². The molecule has 1 fully saturated rings. The first-order chi connectivity index (χ1) is 9.11. The molecular formula is C14H18BrClFNO. The molecule has 2 atom stereocenters. The third-order valence-corrected chi connectivity index (χ3v) is 4.59. The van der Waals surface area contributed by atoms with Crippen LogP contribution in [0.5, 0.6) is 0 Å². The second kappa shape index (κ2) is 7.02. The van der Waals surface area contributed by atoms with Gasteiger partial charge in [0.2, 0.25) is 0 Å². The Bertz CT molecular complexity index is 438. The second-order valence-electron chi connectivity index (χ2n) is 4.77. The zero-order valence-electron chi connectivity index (χ0n) is 10.9. The maximum Gasteiger partial charge on any atom is 0.129 e. The van der Waals surface area contributed by atoms with E-state index < -0.39 is 0 Å². The predicted molar refractivity (Wildman–Crippen MR) is 79.1 cm³/mol. The van der Waals surface area contributed by atoms with Gasteiger partial charge in [-0.05, 0) is 53.9 Å². The molecule has 0 aromatic heterocycles. The summed E-state index contributed by atoms with van der Waals surface area (Å²) in [7, 11) is 0. The number of ether oxygens (including phenoxy) is 1. The molecule has 0 amide bonds. The standard InChI is InChI=1S/C14H18BrClFNO/c1-2-18-14(6-9-4-3-5-19-9)10-7-12(16)11(15)8-13(10)17/h7-9,14,18H,2-6H2,1H3. The van der Waals surface area contributed by atoms with Crippen LogP contribution in [-0.4, -0.2) is 19.3 Å². The summed E-state index contributed by atoms with van der Waals surface area (Å²) < 4.78 is 20.3. The van der Waals surface area contributed by atoms with E-state index in [0.717, 1.165) is 32.4 Å². The fourth-order valence-corrected chi connectivity index (χ4v) is 2.95. The lowest BCUT2D eigenvalue weighted by Crippen LogP contribution is -2.26. The quantitative estimate of drug-likeness (QED) is 0.792. The summed E-state index contributed by atoms with van der Waals surface area (Å²) in [6, 6.07) is 3.07. The Kier molecular flexibility index (Phi) is 5.63. The maximum absolute atomic E-state index is 14.1. The minimum atomic E-state index is -0.236. The van der Waals surface area contributed by atoms with Crippen LogP contribution >= 0.6 is 27.5 Å². The normalized spacial score (nSPS) is 20.7. The molecule has 0 aliphatic carbocycles. The van der Waals surface area contributed by atoms with Gasteiger partial charge in [0.25, 0.3) is 0 Å². The van der Waals surface area contributed by atoms with E-state index in [4.69, 9.17) is 16.3 Å². The van der Waals surface area contributed by atoms with Gasteiger partial charge in [-0.2, -0.15) is 0 Å². The molecule has 1 aromatic rings. The van der Waals surface area contributed by atoms with E-state index in [-0.39, 0.29) is 18.0 Å². The van der Waals surface area contributed by atoms with Gasteiger partial charge in [0.05, 0.1) is 11.1 Å². The molecule has 2 unspecified atom stereocenters. The van der Waals surface area contributed by atoms with Crippen LogP contribution in [0.1, 0.15) is 37.8 Å². The first-order valence-corrected chi connectivity index (χ1v) is 7.78. The number of nitrogens with one attached hydrogen (secondary N) is 1. The Morgan fingerprint density at radius 1 is 1.58 bits per heavy atom. The molecule has 106 valence electrons. The number of rotatable bonds is 5. The van der Waals surface area contributed by atoms with Gasteiger partial charge in [0.15, 0.2) is 0 Å². The molecule has 19 heavy (non-hydrogen) atoms. The van der Waals surface area contributed by atoms with Gasteiger partial charge >= 0.3 is 0 Å². The van der Waals surface area contributed by atoms with E-state index in [1.165, 1.54) is 6.07 Å². The van der Waals surface area contributed by atoms with Crippen molar-refractivity contribution in [1.29, 1.82) is 0 Å². The number of benzene rings is 1. The van der Waals surface area contributed by atoms with Crippen LogP contribution in [0.4, 0.5) is 4.39 Å². The molecule has 2 rings (SSSR count). The number of hydrogen-bond acceptors (Lipinski definition) is 2. The second-order valence-corrected chi connectivity index (χ2v) is 6.03. The topological polar surface area (TPSA) is 21.3 Å². The highest BCUT2D eigenvalue weighted by atomic mass is 79.9. The van der Waals surface area contributed by atoms with E-state index in [1.807, 2.05) is 6.92 Å². The van der Waals surface area contributed by atoms with Crippen LogP contribution in [0.15, 0.2) is 16.6 Å². The molecule has 1 aromatic carbocycles. The third kappa shape index (κ3) is 3.91. The molecule has 5 heteroatoms. The van der Waals surface area contributed by atoms with E-state index >= 15 is 0 Å². The summed E-state index contributed by atoms with van der Waals surface area (Å²) in [5.74, 6) is -0.236. The Hall–Kier alpha value is -0.160. The van der Waals surface area contributed by atoms with Crippen molar-refractivity contribution < 1.29 is 9.13 Å². The minimum absolute atomic E-state index is 0.0568. The molecule has 1 saturated heterocycles. The van der Waals surface area contributed by atoms with Gasteiger partial charge in [-0.3, -0.25) is 0 Å². The fraction of sp³-hybridized carbons (Fsp3) is 0.571. The zero-order chi connectivity index (χ0) is 13.8. The van der Waals surface area contributed by atoms with Gasteiger partial charge in [-0.15, -0.1) is 0 Å². The molecule has 0 spiro atoms. The average Bonchev–Trinajstić information content (AvgIpc) is 2.86. The first-order valence-electron chi connectivity index (χ1n) is 6.61. The highest BCUT2D eigenvalue weighted by molar-refractivity contribution is 9.10. The summed E-state index contributed by atoms with van der Waals surface area (Å²) in [5, 5.41) is 3.85. The predicted octanol–water partition coefficient (Wildman–Crippen LogP) is 4.46. The van der Waals surface area contributed by atoms with Crippen LogP contribution < -0.4 is 5.32 Å². The summed E-state index contributed by atoms with van der Waals surface area (Å²) in [5.41, 5.74) is 0.616. The molecule has 0 radical (unpaired) electrons. The Labute approximate surface area is 126 Å². The lowest BCUT2D eigenvalue weighted by Gasteiger charge is -2.22. The smallest absolute Gasteiger partial charge is 0.129 e. The third-order valence-electron chi connectivity index (χ3n) is 3.39. The monoisotopic (exact) mass is 349 g/mol. The van der Waals surface area contributed by atoms with Crippen molar-refractivity contribution in [2.45, 2.75) is 38.3 Å². The SMILES string of the molecule is CCNC(CC1CCCO1)c1cc(Cl)c(Br)cc1F. The molecule has 1 heterocycles. The molecule has 1 N–H and O–H groups in total. The van der Waals surface area contributed by atoms with Crippen LogP contribution in [-0.2, 0) is 4.74 Å². The fourth-order valence-electron chi connectivity index (χ4n) is 2.46. The van der Waals surface area contributed by atoms with Crippen molar-refractivity contribution >= 4 is 27.5 Å². The summed E-state index contributed by atoms with van der Waals surface area (Å²) in [4.78, 5) is 0. The van der Waals surface area contributed by atoms with Crippen molar-refractivity contribution in [2.24, 2.45) is 0 Å². The lowest BCUT2D eigenvalue weighted by atomic mass is 9.98. The summed E-state index contributed by atoms with van der Waals surface area (Å²) in [6.07, 6.45) is 3.13. The maximum atomic E-state index is 14.1. The van der Waals surface area contributed by atoms with Gasteiger partial charge in [-0.25, -0.2) is 4.39 Å². The van der Waals surface area contributed by atoms with Crippen molar-refractivity contribution in [3.63, 3.8) is 0 Å². The Morgan fingerprint density at radius 3 is 3.00 bits per heavy atom. The molecular weight excluding hydrogens is 333 g/mol. The van der Waals surface area contributed by atoms with Crippen molar-refractivity contribution in [3.05, 3.63) is 33.0 Å². The molecule has 1 aliphatic heterocycles. The highest BCUT2D eigenvalue weighted by Gasteiger charge is 2.24. The van der Waals surface area contributed by atoms with Crippen LogP contribution in [0.25, 0.3) is 0 Å².